The van der Waals surface area contributed by atoms with Gasteiger partial charge in [0.2, 0.25) is 0 Å². The number of nitrogens with zero attached hydrogens (tertiary/aromatic N) is 4. The smallest absolute Gasteiger partial charge is 0.314 e. The Kier molecular flexibility index (Phi) is 3.68. The predicted molar refractivity (Wildman–Crippen MR) is 96.1 cm³/mol. The minimum absolute atomic E-state index is 0.225. The molecule has 2 amide bonds. The summed E-state index contributed by atoms with van der Waals surface area (Å²) in [6.07, 6.45) is 0. The standard InChI is InChI=1S/C18H19N5O2/c19-18(25)22-11-9-21(10-12-22)17-15-3-1-2-4-16(15)23(20-17)13-5-7-14(24)8-6-13/h1-8,24H,9-12H2,(H2,19,25). The summed E-state index contributed by atoms with van der Waals surface area (Å²) in [6.45, 7) is 2.57. The van der Waals surface area contributed by atoms with Crippen LogP contribution in [0.2, 0.25) is 0 Å². The van der Waals surface area contributed by atoms with Crippen LogP contribution >= 0.6 is 0 Å². The quantitative estimate of drug-likeness (QED) is 0.748. The van der Waals surface area contributed by atoms with E-state index in [1.54, 1.807) is 17.0 Å². The third-order valence-corrected chi connectivity index (χ3v) is 4.55. The lowest BCUT2D eigenvalue weighted by molar-refractivity contribution is 0.204. The average molecular weight is 337 g/mol. The lowest BCUT2D eigenvalue weighted by Crippen LogP contribution is -2.50. The molecule has 1 aliphatic rings. The highest BCUT2D eigenvalue weighted by molar-refractivity contribution is 5.92. The fourth-order valence-corrected chi connectivity index (χ4v) is 3.21. The van der Waals surface area contributed by atoms with E-state index in [9.17, 15) is 9.90 Å². The van der Waals surface area contributed by atoms with Gasteiger partial charge in [-0.1, -0.05) is 12.1 Å². The van der Waals surface area contributed by atoms with Gasteiger partial charge in [-0.25, -0.2) is 9.48 Å². The van der Waals surface area contributed by atoms with Crippen molar-refractivity contribution in [3.63, 3.8) is 0 Å². The number of fused-ring (bicyclic) bond motifs is 1. The highest BCUT2D eigenvalue weighted by Crippen LogP contribution is 2.29. The Balaban J connectivity index is 1.73. The van der Waals surface area contributed by atoms with E-state index < -0.39 is 0 Å². The first-order valence-electron chi connectivity index (χ1n) is 8.20. The number of nitrogens with two attached hydrogens (primary N) is 1. The Bertz CT molecular complexity index is 911. The van der Waals surface area contributed by atoms with Crippen LogP contribution in [0.5, 0.6) is 5.75 Å². The number of carbonyl (C=O) groups excluding carboxylic acids is 1. The first-order valence-corrected chi connectivity index (χ1v) is 8.20. The van der Waals surface area contributed by atoms with E-state index in [0.29, 0.717) is 26.2 Å². The van der Waals surface area contributed by atoms with Crippen molar-refractivity contribution in [2.75, 3.05) is 31.1 Å². The minimum atomic E-state index is -0.376. The molecule has 0 aliphatic carbocycles. The van der Waals surface area contributed by atoms with Gasteiger partial charge in [0.25, 0.3) is 0 Å². The molecule has 0 bridgehead atoms. The van der Waals surface area contributed by atoms with Gasteiger partial charge in [-0.3, -0.25) is 0 Å². The maximum atomic E-state index is 11.3. The molecule has 1 aliphatic heterocycles. The number of phenols is 1. The second-order valence-corrected chi connectivity index (χ2v) is 6.08. The molecule has 2 heterocycles. The Labute approximate surface area is 144 Å². The number of piperazine rings is 1. The lowest BCUT2D eigenvalue weighted by atomic mass is 10.2. The van der Waals surface area contributed by atoms with Crippen molar-refractivity contribution < 1.29 is 9.90 Å². The van der Waals surface area contributed by atoms with Gasteiger partial charge >= 0.3 is 6.03 Å². The molecule has 3 aromatic rings. The largest absolute Gasteiger partial charge is 0.508 e. The number of hydrogen-bond acceptors (Lipinski definition) is 4. The van der Waals surface area contributed by atoms with Crippen LogP contribution in [0.15, 0.2) is 48.5 Å². The van der Waals surface area contributed by atoms with Crippen LogP contribution in [0.4, 0.5) is 10.6 Å². The average Bonchev–Trinajstić information content (AvgIpc) is 3.02. The molecule has 0 spiro atoms. The van der Waals surface area contributed by atoms with Crippen LogP contribution in [-0.2, 0) is 0 Å². The van der Waals surface area contributed by atoms with Gasteiger partial charge < -0.3 is 20.6 Å². The number of rotatable bonds is 2. The van der Waals surface area contributed by atoms with Gasteiger partial charge in [0.15, 0.2) is 5.82 Å². The highest BCUT2D eigenvalue weighted by atomic mass is 16.3. The van der Waals surface area contributed by atoms with Crippen molar-refractivity contribution in [1.82, 2.24) is 14.7 Å². The van der Waals surface area contributed by atoms with Crippen LogP contribution in [-0.4, -0.2) is 52.0 Å². The molecule has 0 unspecified atom stereocenters. The third kappa shape index (κ3) is 2.73. The van der Waals surface area contributed by atoms with E-state index in [1.807, 2.05) is 35.0 Å². The Morgan fingerprint density at radius 2 is 1.68 bits per heavy atom. The number of amides is 2. The molecule has 1 saturated heterocycles. The summed E-state index contributed by atoms with van der Waals surface area (Å²) < 4.78 is 1.88. The van der Waals surface area contributed by atoms with E-state index in [4.69, 9.17) is 10.8 Å². The summed E-state index contributed by atoms with van der Waals surface area (Å²) in [4.78, 5) is 15.1. The van der Waals surface area contributed by atoms with Crippen molar-refractivity contribution in [3.05, 3.63) is 48.5 Å². The molecule has 0 radical (unpaired) electrons. The first kappa shape index (κ1) is 15.3. The molecule has 0 saturated carbocycles. The van der Waals surface area contributed by atoms with Gasteiger partial charge in [0.1, 0.15) is 5.75 Å². The first-order chi connectivity index (χ1) is 12.1. The number of para-hydroxylation sites is 1. The number of anilines is 1. The van der Waals surface area contributed by atoms with Crippen molar-refractivity contribution >= 4 is 22.8 Å². The van der Waals surface area contributed by atoms with Crippen molar-refractivity contribution in [3.8, 4) is 11.4 Å². The molecule has 0 atom stereocenters. The second-order valence-electron chi connectivity index (χ2n) is 6.08. The van der Waals surface area contributed by atoms with E-state index in [2.05, 4.69) is 11.0 Å². The van der Waals surface area contributed by atoms with E-state index in [-0.39, 0.29) is 11.8 Å². The second kappa shape index (κ2) is 6.01. The van der Waals surface area contributed by atoms with Crippen molar-refractivity contribution in [2.24, 2.45) is 5.73 Å². The van der Waals surface area contributed by atoms with Gasteiger partial charge in [-0.15, -0.1) is 5.10 Å². The van der Waals surface area contributed by atoms with E-state index >= 15 is 0 Å². The number of aromatic nitrogens is 2. The molecular formula is C18H19N5O2. The maximum Gasteiger partial charge on any atom is 0.314 e. The molecule has 4 rings (SSSR count). The van der Waals surface area contributed by atoms with Crippen LogP contribution in [0.25, 0.3) is 16.6 Å². The molecule has 1 aromatic heterocycles. The van der Waals surface area contributed by atoms with Gasteiger partial charge in [-0.05, 0) is 36.4 Å². The van der Waals surface area contributed by atoms with E-state index in [1.165, 1.54) is 0 Å². The molecule has 7 heteroatoms. The molecule has 1 fully saturated rings. The summed E-state index contributed by atoms with van der Waals surface area (Å²) in [5.74, 6) is 1.12. The molecule has 7 nitrogen and oxygen atoms in total. The zero-order chi connectivity index (χ0) is 17.4. The molecule has 3 N–H and O–H groups in total. The predicted octanol–water partition coefficient (Wildman–Crippen LogP) is 1.93. The van der Waals surface area contributed by atoms with Crippen molar-refractivity contribution in [1.29, 1.82) is 0 Å². The monoisotopic (exact) mass is 337 g/mol. The summed E-state index contributed by atoms with van der Waals surface area (Å²) >= 11 is 0. The fraction of sp³-hybridized carbons (Fsp3) is 0.222. The topological polar surface area (TPSA) is 87.6 Å². The number of benzene rings is 2. The number of urea groups is 1. The van der Waals surface area contributed by atoms with Crippen molar-refractivity contribution in [2.45, 2.75) is 0 Å². The number of aromatic hydroxyl groups is 1. The molecular weight excluding hydrogens is 318 g/mol. The van der Waals surface area contributed by atoms with Gasteiger partial charge in [0.05, 0.1) is 11.2 Å². The zero-order valence-electron chi connectivity index (χ0n) is 13.7. The summed E-state index contributed by atoms with van der Waals surface area (Å²) in [5.41, 5.74) is 7.25. The number of phenolic OH excluding ortho intramolecular Hbond substituents is 1. The third-order valence-electron chi connectivity index (χ3n) is 4.55. The van der Waals surface area contributed by atoms with Crippen LogP contribution in [0, 0.1) is 0 Å². The summed E-state index contributed by atoms with van der Waals surface area (Å²) in [7, 11) is 0. The Morgan fingerprint density at radius 3 is 2.36 bits per heavy atom. The maximum absolute atomic E-state index is 11.3. The Hall–Kier alpha value is -3.22. The zero-order valence-corrected chi connectivity index (χ0v) is 13.7. The molecule has 128 valence electrons. The molecule has 25 heavy (non-hydrogen) atoms. The lowest BCUT2D eigenvalue weighted by Gasteiger charge is -2.34. The van der Waals surface area contributed by atoms with Crippen LogP contribution in [0.1, 0.15) is 0 Å². The summed E-state index contributed by atoms with van der Waals surface area (Å²) in [6, 6.07) is 14.7. The number of hydrogen-bond donors (Lipinski definition) is 2. The van der Waals surface area contributed by atoms with Crippen LogP contribution in [0.3, 0.4) is 0 Å². The summed E-state index contributed by atoms with van der Waals surface area (Å²) in [5, 5.41) is 15.4. The number of primary amides is 1. The minimum Gasteiger partial charge on any atom is -0.508 e. The highest BCUT2D eigenvalue weighted by Gasteiger charge is 2.23. The fourth-order valence-electron chi connectivity index (χ4n) is 3.21. The SMILES string of the molecule is NC(=O)N1CCN(c2nn(-c3ccc(O)cc3)c3ccccc23)CC1. The van der Waals surface area contributed by atoms with Crippen LogP contribution < -0.4 is 10.6 Å². The van der Waals surface area contributed by atoms with E-state index in [0.717, 1.165) is 22.4 Å². The van der Waals surface area contributed by atoms with Gasteiger partial charge in [0, 0.05) is 31.6 Å². The van der Waals surface area contributed by atoms with Gasteiger partial charge in [-0.2, -0.15) is 0 Å². The Morgan fingerprint density at radius 1 is 1.00 bits per heavy atom. The number of carbonyl (C=O) groups is 1. The normalized spacial score (nSPS) is 14.9. The molecule has 2 aromatic carbocycles.